The van der Waals surface area contributed by atoms with Crippen LogP contribution in [-0.4, -0.2) is 12.5 Å². The van der Waals surface area contributed by atoms with Crippen LogP contribution in [0.25, 0.3) is 0 Å². The fraction of sp³-hybridized carbons (Fsp3) is 0.176. The van der Waals surface area contributed by atoms with Gasteiger partial charge in [-0.2, -0.15) is 5.26 Å². The van der Waals surface area contributed by atoms with Crippen LogP contribution in [0, 0.1) is 11.3 Å². The number of nitriles is 1. The summed E-state index contributed by atoms with van der Waals surface area (Å²) in [5, 5.41) is 15.5. The third-order valence-electron chi connectivity index (χ3n) is 3.15. The number of carbonyl (C=O) groups excluding carboxylic acids is 1. The number of nitrogens with one attached hydrogen (secondary N) is 2. The first-order valence-electron chi connectivity index (χ1n) is 6.94. The molecule has 0 aliphatic rings. The lowest BCUT2D eigenvalue weighted by Gasteiger charge is -2.09. The van der Waals surface area contributed by atoms with Crippen molar-refractivity contribution in [3.8, 4) is 6.07 Å². The molecular weight excluding hydrogens is 298 g/mol. The van der Waals surface area contributed by atoms with Crippen LogP contribution in [0.15, 0.2) is 48.5 Å². The molecule has 2 aromatic carbocycles. The fourth-order valence-electron chi connectivity index (χ4n) is 1.97. The number of hydrogen-bond acceptors (Lipinski definition) is 3. The van der Waals surface area contributed by atoms with Gasteiger partial charge in [-0.25, -0.2) is 0 Å². The van der Waals surface area contributed by atoms with E-state index in [9.17, 15) is 4.79 Å². The monoisotopic (exact) mass is 313 g/mol. The Kier molecular flexibility index (Phi) is 5.81. The molecule has 0 saturated heterocycles. The van der Waals surface area contributed by atoms with Gasteiger partial charge in [0, 0.05) is 24.5 Å². The predicted molar refractivity (Wildman–Crippen MR) is 87.6 cm³/mol. The van der Waals surface area contributed by atoms with Crippen LogP contribution in [0.2, 0.25) is 5.02 Å². The fourth-order valence-corrected chi connectivity index (χ4v) is 2.17. The molecule has 0 aliphatic heterocycles. The van der Waals surface area contributed by atoms with E-state index >= 15 is 0 Å². The first kappa shape index (κ1) is 15.9. The molecule has 0 aliphatic carbocycles. The van der Waals surface area contributed by atoms with E-state index in [-0.39, 0.29) is 5.91 Å². The molecule has 112 valence electrons. The molecule has 0 fully saturated rings. The van der Waals surface area contributed by atoms with Crippen molar-refractivity contribution in [2.45, 2.75) is 13.0 Å². The van der Waals surface area contributed by atoms with E-state index < -0.39 is 0 Å². The number of hydrogen-bond donors (Lipinski definition) is 2. The largest absolute Gasteiger partial charge is 0.383 e. The first-order valence-corrected chi connectivity index (χ1v) is 7.31. The molecule has 2 N–H and O–H groups in total. The van der Waals surface area contributed by atoms with Gasteiger partial charge < -0.3 is 10.6 Å². The third kappa shape index (κ3) is 4.51. The van der Waals surface area contributed by atoms with Crippen LogP contribution in [0.3, 0.4) is 0 Å². The molecule has 0 spiro atoms. The van der Waals surface area contributed by atoms with Gasteiger partial charge in [0.25, 0.3) is 0 Å². The maximum atomic E-state index is 11.8. The van der Waals surface area contributed by atoms with Crippen molar-refractivity contribution in [3.63, 3.8) is 0 Å². The molecule has 0 heterocycles. The molecule has 0 bridgehead atoms. The molecule has 2 aromatic rings. The molecule has 5 heteroatoms. The standard InChI is InChI=1S/C17H16ClN3O/c18-15-7-3-1-6-14(15)12-21-17(22)9-10-20-16-8-4-2-5-13(16)11-19/h1-8,20H,9-10,12H2,(H,21,22). The topological polar surface area (TPSA) is 64.9 Å². The predicted octanol–water partition coefficient (Wildman–Crippen LogP) is 3.33. The van der Waals surface area contributed by atoms with E-state index in [0.717, 1.165) is 11.3 Å². The third-order valence-corrected chi connectivity index (χ3v) is 3.52. The Bertz CT molecular complexity index is 694. The van der Waals surface area contributed by atoms with Gasteiger partial charge in [0.1, 0.15) is 6.07 Å². The van der Waals surface area contributed by atoms with Gasteiger partial charge >= 0.3 is 0 Å². The summed E-state index contributed by atoms with van der Waals surface area (Å²) in [7, 11) is 0. The Hall–Kier alpha value is -2.51. The summed E-state index contributed by atoms with van der Waals surface area (Å²) in [6, 6.07) is 16.7. The van der Waals surface area contributed by atoms with Crippen molar-refractivity contribution in [1.29, 1.82) is 5.26 Å². The Balaban J connectivity index is 1.77. The average molecular weight is 314 g/mol. The van der Waals surface area contributed by atoms with Crippen LogP contribution in [0.5, 0.6) is 0 Å². The van der Waals surface area contributed by atoms with Crippen molar-refractivity contribution in [1.82, 2.24) is 5.32 Å². The van der Waals surface area contributed by atoms with Gasteiger partial charge in [0.15, 0.2) is 0 Å². The first-order chi connectivity index (χ1) is 10.7. The van der Waals surface area contributed by atoms with Crippen molar-refractivity contribution in [2.75, 3.05) is 11.9 Å². The molecule has 4 nitrogen and oxygen atoms in total. The second-order valence-corrected chi connectivity index (χ2v) is 5.11. The minimum atomic E-state index is -0.0677. The second kappa shape index (κ2) is 8.06. The highest BCUT2D eigenvalue weighted by Crippen LogP contribution is 2.15. The minimum absolute atomic E-state index is 0.0677. The number of halogens is 1. The van der Waals surface area contributed by atoms with Gasteiger partial charge in [0.2, 0.25) is 5.91 Å². The SMILES string of the molecule is N#Cc1ccccc1NCCC(=O)NCc1ccccc1Cl. The van der Waals surface area contributed by atoms with E-state index in [0.29, 0.717) is 30.1 Å². The van der Waals surface area contributed by atoms with Crippen LogP contribution in [0.1, 0.15) is 17.5 Å². The molecule has 22 heavy (non-hydrogen) atoms. The number of carbonyl (C=O) groups is 1. The van der Waals surface area contributed by atoms with Crippen molar-refractivity contribution in [3.05, 3.63) is 64.7 Å². The lowest BCUT2D eigenvalue weighted by atomic mass is 10.2. The van der Waals surface area contributed by atoms with Gasteiger partial charge in [-0.15, -0.1) is 0 Å². The number of rotatable bonds is 6. The van der Waals surface area contributed by atoms with E-state index in [1.807, 2.05) is 30.3 Å². The highest BCUT2D eigenvalue weighted by atomic mass is 35.5. The Morgan fingerprint density at radius 3 is 2.64 bits per heavy atom. The summed E-state index contributed by atoms with van der Waals surface area (Å²) in [6.07, 6.45) is 0.324. The number of benzene rings is 2. The van der Waals surface area contributed by atoms with Crippen LogP contribution in [-0.2, 0) is 11.3 Å². The molecule has 0 unspecified atom stereocenters. The Morgan fingerprint density at radius 1 is 1.14 bits per heavy atom. The summed E-state index contributed by atoms with van der Waals surface area (Å²) in [5.41, 5.74) is 2.20. The quantitative estimate of drug-likeness (QED) is 0.859. The Labute approximate surface area is 134 Å². The summed E-state index contributed by atoms with van der Waals surface area (Å²) in [6.45, 7) is 0.875. The molecule has 0 atom stereocenters. The average Bonchev–Trinajstić information content (AvgIpc) is 2.54. The highest BCUT2D eigenvalue weighted by molar-refractivity contribution is 6.31. The van der Waals surface area contributed by atoms with Crippen molar-refractivity contribution < 1.29 is 4.79 Å². The Morgan fingerprint density at radius 2 is 1.86 bits per heavy atom. The summed E-state index contributed by atoms with van der Waals surface area (Å²) < 4.78 is 0. The van der Waals surface area contributed by atoms with E-state index in [1.165, 1.54) is 0 Å². The van der Waals surface area contributed by atoms with E-state index in [1.54, 1.807) is 18.2 Å². The van der Waals surface area contributed by atoms with Crippen LogP contribution in [0.4, 0.5) is 5.69 Å². The summed E-state index contributed by atoms with van der Waals surface area (Å²) in [5.74, 6) is -0.0677. The molecule has 0 saturated carbocycles. The zero-order chi connectivity index (χ0) is 15.8. The maximum absolute atomic E-state index is 11.8. The molecule has 1 amide bonds. The number of anilines is 1. The minimum Gasteiger partial charge on any atom is -0.383 e. The van der Waals surface area contributed by atoms with Crippen LogP contribution < -0.4 is 10.6 Å². The van der Waals surface area contributed by atoms with E-state index in [4.69, 9.17) is 16.9 Å². The second-order valence-electron chi connectivity index (χ2n) is 4.70. The molecule has 2 rings (SSSR count). The lowest BCUT2D eigenvalue weighted by Crippen LogP contribution is -2.25. The smallest absolute Gasteiger partial charge is 0.222 e. The highest BCUT2D eigenvalue weighted by Gasteiger charge is 2.05. The van der Waals surface area contributed by atoms with Gasteiger partial charge in [0.05, 0.1) is 11.3 Å². The van der Waals surface area contributed by atoms with Crippen LogP contribution >= 0.6 is 11.6 Å². The van der Waals surface area contributed by atoms with Crippen molar-refractivity contribution in [2.24, 2.45) is 0 Å². The molecule has 0 radical (unpaired) electrons. The summed E-state index contributed by atoms with van der Waals surface area (Å²) >= 11 is 6.03. The van der Waals surface area contributed by atoms with E-state index in [2.05, 4.69) is 16.7 Å². The number of para-hydroxylation sites is 1. The molecule has 0 aromatic heterocycles. The summed E-state index contributed by atoms with van der Waals surface area (Å²) in [4.78, 5) is 11.8. The normalized spacial score (nSPS) is 9.82. The maximum Gasteiger partial charge on any atom is 0.222 e. The molecular formula is C17H16ClN3O. The van der Waals surface area contributed by atoms with Crippen molar-refractivity contribution >= 4 is 23.2 Å². The number of nitrogens with zero attached hydrogens (tertiary/aromatic N) is 1. The van der Waals surface area contributed by atoms with Gasteiger partial charge in [-0.3, -0.25) is 4.79 Å². The zero-order valence-corrected chi connectivity index (χ0v) is 12.7. The number of amides is 1. The van der Waals surface area contributed by atoms with Gasteiger partial charge in [-0.05, 0) is 23.8 Å². The van der Waals surface area contributed by atoms with Gasteiger partial charge in [-0.1, -0.05) is 41.9 Å². The zero-order valence-electron chi connectivity index (χ0n) is 12.0. The lowest BCUT2D eigenvalue weighted by molar-refractivity contribution is -0.121.